The SMILES string of the molecule is CCN(CC(C)C#N)C(=O)c1snnc1C(C)(C)C. The zero-order chi connectivity index (χ0) is 14.6. The van der Waals surface area contributed by atoms with Gasteiger partial charge in [0.25, 0.3) is 5.91 Å². The highest BCUT2D eigenvalue weighted by Gasteiger charge is 2.29. The molecule has 6 heteroatoms. The maximum absolute atomic E-state index is 12.5. The van der Waals surface area contributed by atoms with Crippen LogP contribution in [0.2, 0.25) is 0 Å². The van der Waals surface area contributed by atoms with Gasteiger partial charge in [-0.05, 0) is 25.4 Å². The van der Waals surface area contributed by atoms with E-state index in [9.17, 15) is 4.79 Å². The summed E-state index contributed by atoms with van der Waals surface area (Å²) in [6.07, 6.45) is 0. The number of hydrogen-bond acceptors (Lipinski definition) is 5. The van der Waals surface area contributed by atoms with Crippen molar-refractivity contribution in [2.45, 2.75) is 40.0 Å². The number of hydrogen-bond donors (Lipinski definition) is 0. The molecule has 0 aliphatic heterocycles. The molecule has 1 aromatic rings. The predicted octanol–water partition coefficient (Wildman–Crippen LogP) is 2.46. The van der Waals surface area contributed by atoms with Crippen molar-refractivity contribution >= 4 is 17.4 Å². The summed E-state index contributed by atoms with van der Waals surface area (Å²) >= 11 is 1.13. The zero-order valence-electron chi connectivity index (χ0n) is 12.1. The van der Waals surface area contributed by atoms with E-state index in [0.29, 0.717) is 18.0 Å². The molecule has 0 saturated carbocycles. The summed E-state index contributed by atoms with van der Waals surface area (Å²) in [5.74, 6) is -0.257. The fraction of sp³-hybridized carbons (Fsp3) is 0.692. The molecule has 1 rings (SSSR count). The first-order chi connectivity index (χ1) is 8.81. The number of aromatic nitrogens is 2. The van der Waals surface area contributed by atoms with E-state index in [1.807, 2.05) is 34.6 Å². The number of nitrogens with zero attached hydrogens (tertiary/aromatic N) is 4. The lowest BCUT2D eigenvalue weighted by molar-refractivity contribution is 0.0755. The van der Waals surface area contributed by atoms with Crippen LogP contribution in [0.15, 0.2) is 0 Å². The van der Waals surface area contributed by atoms with E-state index in [1.165, 1.54) is 0 Å². The lowest BCUT2D eigenvalue weighted by Crippen LogP contribution is -2.35. The molecule has 0 bridgehead atoms. The van der Waals surface area contributed by atoms with Crippen molar-refractivity contribution in [1.82, 2.24) is 14.5 Å². The molecule has 0 aromatic carbocycles. The van der Waals surface area contributed by atoms with Crippen LogP contribution in [-0.2, 0) is 5.41 Å². The summed E-state index contributed by atoms with van der Waals surface area (Å²) in [6, 6.07) is 2.15. The van der Waals surface area contributed by atoms with Crippen molar-refractivity contribution in [1.29, 1.82) is 5.26 Å². The van der Waals surface area contributed by atoms with Crippen LogP contribution in [0.25, 0.3) is 0 Å². The summed E-state index contributed by atoms with van der Waals surface area (Å²) in [4.78, 5) is 14.8. The maximum Gasteiger partial charge on any atom is 0.267 e. The molecule has 1 atom stereocenters. The molecule has 5 nitrogen and oxygen atoms in total. The Morgan fingerprint density at radius 3 is 2.63 bits per heavy atom. The Morgan fingerprint density at radius 1 is 1.53 bits per heavy atom. The van der Waals surface area contributed by atoms with Crippen molar-refractivity contribution in [3.05, 3.63) is 10.6 Å². The van der Waals surface area contributed by atoms with Crippen LogP contribution in [0, 0.1) is 17.2 Å². The second-order valence-electron chi connectivity index (χ2n) is 5.57. The molecule has 1 amide bonds. The van der Waals surface area contributed by atoms with Crippen LogP contribution in [0.4, 0.5) is 0 Å². The molecule has 104 valence electrons. The molecule has 19 heavy (non-hydrogen) atoms. The summed E-state index contributed by atoms with van der Waals surface area (Å²) in [5, 5.41) is 12.9. The molecule has 0 aliphatic carbocycles. The Bertz CT molecular complexity index is 484. The van der Waals surface area contributed by atoms with E-state index in [0.717, 1.165) is 17.2 Å². The number of carbonyl (C=O) groups is 1. The van der Waals surface area contributed by atoms with Gasteiger partial charge in [-0.25, -0.2) is 0 Å². The first kappa shape index (κ1) is 15.6. The second-order valence-corrected chi connectivity index (χ2v) is 6.33. The lowest BCUT2D eigenvalue weighted by Gasteiger charge is -2.23. The average Bonchev–Trinajstić information content (AvgIpc) is 2.83. The largest absolute Gasteiger partial charge is 0.337 e. The van der Waals surface area contributed by atoms with Gasteiger partial charge in [0.2, 0.25) is 0 Å². The standard InChI is InChI=1S/C13H20N4OS/c1-6-17(8-9(2)7-14)12(18)10-11(13(3,4)5)15-16-19-10/h9H,6,8H2,1-5H3. The molecule has 1 aromatic heterocycles. The van der Waals surface area contributed by atoms with Crippen molar-refractivity contribution in [3.63, 3.8) is 0 Å². The molecule has 0 N–H and O–H groups in total. The monoisotopic (exact) mass is 280 g/mol. The molecule has 0 fully saturated rings. The van der Waals surface area contributed by atoms with E-state index >= 15 is 0 Å². The van der Waals surface area contributed by atoms with Gasteiger partial charge in [-0.3, -0.25) is 4.79 Å². The van der Waals surface area contributed by atoms with Crippen molar-refractivity contribution in [2.24, 2.45) is 5.92 Å². The van der Waals surface area contributed by atoms with Gasteiger partial charge in [0.05, 0.1) is 17.7 Å². The van der Waals surface area contributed by atoms with E-state index in [2.05, 4.69) is 15.7 Å². The van der Waals surface area contributed by atoms with Crippen molar-refractivity contribution < 1.29 is 4.79 Å². The van der Waals surface area contributed by atoms with Gasteiger partial charge in [0, 0.05) is 18.5 Å². The van der Waals surface area contributed by atoms with Crippen LogP contribution in [0.1, 0.15) is 50.0 Å². The maximum atomic E-state index is 12.5. The highest BCUT2D eigenvalue weighted by Crippen LogP contribution is 2.26. The van der Waals surface area contributed by atoms with Gasteiger partial charge in [-0.1, -0.05) is 25.3 Å². The van der Waals surface area contributed by atoms with Crippen LogP contribution < -0.4 is 0 Å². The number of rotatable bonds is 4. The van der Waals surface area contributed by atoms with Crippen LogP contribution in [0.3, 0.4) is 0 Å². The molecule has 0 radical (unpaired) electrons. The van der Waals surface area contributed by atoms with Gasteiger partial charge in [-0.2, -0.15) is 5.26 Å². The fourth-order valence-electron chi connectivity index (χ4n) is 1.69. The second kappa shape index (κ2) is 6.11. The lowest BCUT2D eigenvalue weighted by atomic mass is 9.91. The number of amides is 1. The fourth-order valence-corrected chi connectivity index (χ4v) is 2.54. The molecule has 0 aliphatic rings. The summed E-state index contributed by atoms with van der Waals surface area (Å²) < 4.78 is 3.90. The summed E-state index contributed by atoms with van der Waals surface area (Å²) in [6.45, 7) is 10.8. The van der Waals surface area contributed by atoms with Crippen LogP contribution in [0.5, 0.6) is 0 Å². The van der Waals surface area contributed by atoms with Gasteiger partial charge in [0.15, 0.2) is 0 Å². The Labute approximate surface area is 118 Å². The van der Waals surface area contributed by atoms with Crippen molar-refractivity contribution in [2.75, 3.05) is 13.1 Å². The van der Waals surface area contributed by atoms with Gasteiger partial charge >= 0.3 is 0 Å². The minimum absolute atomic E-state index is 0.0791. The van der Waals surface area contributed by atoms with Gasteiger partial charge < -0.3 is 4.90 Å². The van der Waals surface area contributed by atoms with E-state index in [4.69, 9.17) is 5.26 Å². The quantitative estimate of drug-likeness (QED) is 0.849. The summed E-state index contributed by atoms with van der Waals surface area (Å²) in [7, 11) is 0. The molecule has 1 heterocycles. The Morgan fingerprint density at radius 2 is 2.16 bits per heavy atom. The number of nitriles is 1. The van der Waals surface area contributed by atoms with E-state index in [-0.39, 0.29) is 17.2 Å². The van der Waals surface area contributed by atoms with Crippen molar-refractivity contribution in [3.8, 4) is 6.07 Å². The minimum Gasteiger partial charge on any atom is -0.337 e. The Kier molecular flexibility index (Phi) is 5.01. The van der Waals surface area contributed by atoms with Gasteiger partial charge in [-0.15, -0.1) is 5.10 Å². The normalized spacial score (nSPS) is 12.8. The molecule has 0 spiro atoms. The first-order valence-corrected chi connectivity index (χ1v) is 7.10. The van der Waals surface area contributed by atoms with E-state index in [1.54, 1.807) is 4.90 Å². The van der Waals surface area contributed by atoms with Crippen LogP contribution >= 0.6 is 11.5 Å². The third kappa shape index (κ3) is 3.74. The average molecular weight is 280 g/mol. The Hall–Kier alpha value is -1.48. The Balaban J connectivity index is 3.00. The number of carbonyl (C=O) groups excluding carboxylic acids is 1. The smallest absolute Gasteiger partial charge is 0.267 e. The highest BCUT2D eigenvalue weighted by molar-refractivity contribution is 7.08. The topological polar surface area (TPSA) is 69.9 Å². The molecule has 0 saturated heterocycles. The third-order valence-corrected chi connectivity index (χ3v) is 3.49. The third-order valence-electron chi connectivity index (χ3n) is 2.78. The van der Waals surface area contributed by atoms with Crippen LogP contribution in [-0.4, -0.2) is 33.5 Å². The zero-order valence-corrected chi connectivity index (χ0v) is 12.9. The van der Waals surface area contributed by atoms with Gasteiger partial charge in [0.1, 0.15) is 4.88 Å². The highest BCUT2D eigenvalue weighted by atomic mass is 32.1. The molecule has 1 unspecified atom stereocenters. The predicted molar refractivity (Wildman–Crippen MR) is 75.0 cm³/mol. The summed E-state index contributed by atoms with van der Waals surface area (Å²) in [5.41, 5.74) is 0.517. The molecular formula is C13H20N4OS. The minimum atomic E-state index is -0.210. The van der Waals surface area contributed by atoms with E-state index < -0.39 is 0 Å². The first-order valence-electron chi connectivity index (χ1n) is 6.33. The molecular weight excluding hydrogens is 260 g/mol.